The van der Waals surface area contributed by atoms with Crippen LogP contribution in [0.1, 0.15) is 21.6 Å². The van der Waals surface area contributed by atoms with Crippen LogP contribution in [-0.2, 0) is 12.7 Å². The number of carbonyl (C=O) groups excluding carboxylic acids is 1. The zero-order valence-corrected chi connectivity index (χ0v) is 12.8. The van der Waals surface area contributed by atoms with E-state index in [1.807, 2.05) is 0 Å². The van der Waals surface area contributed by atoms with E-state index in [-0.39, 0.29) is 10.6 Å². The highest BCUT2D eigenvalue weighted by Gasteiger charge is 2.35. The average molecular weight is 365 g/mol. The smallest absolute Gasteiger partial charge is 0.365 e. The number of aromatic nitrogens is 1. The highest BCUT2D eigenvalue weighted by atomic mass is 35.5. The molecule has 0 bridgehead atoms. The van der Waals surface area contributed by atoms with Crippen LogP contribution in [0.3, 0.4) is 0 Å². The maximum Gasteiger partial charge on any atom is 0.431 e. The molecule has 122 valence electrons. The quantitative estimate of drug-likeness (QED) is 0.907. The molecule has 0 aliphatic carbocycles. The van der Waals surface area contributed by atoms with Gasteiger partial charge in [0.05, 0.1) is 6.54 Å². The molecule has 1 aromatic heterocycles. The number of hydrogen-bond donors (Lipinski definition) is 1. The molecule has 2 N–H and O–H groups in total. The van der Waals surface area contributed by atoms with E-state index in [4.69, 9.17) is 28.9 Å². The molecule has 0 saturated carbocycles. The summed E-state index contributed by atoms with van der Waals surface area (Å²) >= 11 is 11.7. The molecule has 1 heterocycles. The lowest BCUT2D eigenvalue weighted by Crippen LogP contribution is -2.34. The molecular weight excluding hydrogens is 356 g/mol. The Hall–Kier alpha value is -1.99. The van der Waals surface area contributed by atoms with Gasteiger partial charge in [-0.05, 0) is 29.8 Å². The highest BCUT2D eigenvalue weighted by molar-refractivity contribution is 6.35. The van der Waals surface area contributed by atoms with Gasteiger partial charge in [-0.2, -0.15) is 13.2 Å². The molecule has 2 rings (SSSR count). The zero-order valence-electron chi connectivity index (χ0n) is 11.3. The molecule has 2 aromatic rings. The number of amides is 1. The molecule has 4 nitrogen and oxygen atoms in total. The molecule has 0 atom stereocenters. The van der Waals surface area contributed by atoms with Crippen molar-refractivity contribution >= 4 is 29.1 Å². The predicted octanol–water partition coefficient (Wildman–Crippen LogP) is 3.32. The number of alkyl halides is 3. The van der Waals surface area contributed by atoms with Gasteiger partial charge in [0.15, 0.2) is 0 Å². The number of rotatable bonds is 3. The van der Waals surface area contributed by atoms with E-state index in [1.165, 1.54) is 18.2 Å². The van der Waals surface area contributed by atoms with Crippen LogP contribution in [0, 0.1) is 0 Å². The Labute approximate surface area is 138 Å². The van der Waals surface area contributed by atoms with Crippen molar-refractivity contribution < 1.29 is 18.0 Å². The van der Waals surface area contributed by atoms with Crippen LogP contribution in [0.15, 0.2) is 35.1 Å². The van der Waals surface area contributed by atoms with E-state index in [0.717, 1.165) is 6.07 Å². The Kier molecular flexibility index (Phi) is 4.72. The first-order valence-corrected chi connectivity index (χ1v) is 6.91. The minimum Gasteiger partial charge on any atom is -0.365 e. The van der Waals surface area contributed by atoms with Crippen molar-refractivity contribution in [2.45, 2.75) is 12.7 Å². The fraction of sp³-hybridized carbons (Fsp3) is 0.143. The molecule has 0 spiro atoms. The van der Waals surface area contributed by atoms with E-state index in [2.05, 4.69) is 0 Å². The molecule has 0 aliphatic heterocycles. The maximum absolute atomic E-state index is 13.1. The van der Waals surface area contributed by atoms with Crippen LogP contribution in [0.25, 0.3) is 0 Å². The standard InChI is InChI=1S/C14H9Cl2F3N2O2/c15-8-2-1-7(10(16)5-8)6-21-11(14(17,18)19)4-3-9(12(20)22)13(21)23/h1-5H,6H2,(H2,20,22). The minimum atomic E-state index is -4.78. The highest BCUT2D eigenvalue weighted by Crippen LogP contribution is 2.30. The number of pyridine rings is 1. The van der Waals surface area contributed by atoms with E-state index in [1.54, 1.807) is 0 Å². The van der Waals surface area contributed by atoms with Crippen LogP contribution in [0.4, 0.5) is 13.2 Å². The summed E-state index contributed by atoms with van der Waals surface area (Å²) in [6, 6.07) is 5.56. The first kappa shape index (κ1) is 17.4. The van der Waals surface area contributed by atoms with Crippen molar-refractivity contribution in [3.8, 4) is 0 Å². The summed E-state index contributed by atoms with van der Waals surface area (Å²) in [7, 11) is 0. The van der Waals surface area contributed by atoms with Gasteiger partial charge in [-0.1, -0.05) is 29.3 Å². The van der Waals surface area contributed by atoms with Gasteiger partial charge in [0.1, 0.15) is 11.3 Å². The Morgan fingerprint density at radius 2 is 1.83 bits per heavy atom. The number of primary amides is 1. The molecule has 0 fully saturated rings. The Balaban J connectivity index is 2.65. The summed E-state index contributed by atoms with van der Waals surface area (Å²) in [6.07, 6.45) is -4.78. The monoisotopic (exact) mass is 364 g/mol. The number of nitrogens with two attached hydrogens (primary N) is 1. The summed E-state index contributed by atoms with van der Waals surface area (Å²) in [6.45, 7) is -0.481. The molecule has 1 aromatic carbocycles. The molecule has 9 heteroatoms. The third kappa shape index (κ3) is 3.68. The number of halogens is 5. The predicted molar refractivity (Wildman–Crippen MR) is 79.8 cm³/mol. The number of hydrogen-bond acceptors (Lipinski definition) is 2. The van der Waals surface area contributed by atoms with Gasteiger partial charge in [0.25, 0.3) is 11.5 Å². The Morgan fingerprint density at radius 3 is 2.35 bits per heavy atom. The fourth-order valence-electron chi connectivity index (χ4n) is 1.99. The molecule has 23 heavy (non-hydrogen) atoms. The van der Waals surface area contributed by atoms with E-state index in [9.17, 15) is 22.8 Å². The van der Waals surface area contributed by atoms with E-state index in [0.29, 0.717) is 15.7 Å². The largest absolute Gasteiger partial charge is 0.431 e. The summed E-state index contributed by atoms with van der Waals surface area (Å²) in [5.41, 5.74) is 2.36. The lowest BCUT2D eigenvalue weighted by Gasteiger charge is -2.16. The second kappa shape index (κ2) is 6.25. The van der Waals surface area contributed by atoms with Gasteiger partial charge in [-0.25, -0.2) is 0 Å². The molecule has 1 amide bonds. The van der Waals surface area contributed by atoms with Crippen LogP contribution in [-0.4, -0.2) is 10.5 Å². The van der Waals surface area contributed by atoms with Crippen LogP contribution < -0.4 is 11.3 Å². The minimum absolute atomic E-state index is 0.0991. The summed E-state index contributed by atoms with van der Waals surface area (Å²) < 4.78 is 39.7. The Bertz CT molecular complexity index is 832. The van der Waals surface area contributed by atoms with Crippen molar-refractivity contribution in [2.75, 3.05) is 0 Å². The molecule has 0 saturated heterocycles. The van der Waals surface area contributed by atoms with Gasteiger partial charge < -0.3 is 5.73 Å². The maximum atomic E-state index is 13.1. The normalized spacial score (nSPS) is 11.5. The van der Waals surface area contributed by atoms with Gasteiger partial charge in [-0.15, -0.1) is 0 Å². The van der Waals surface area contributed by atoms with Crippen LogP contribution in [0.2, 0.25) is 10.0 Å². The lowest BCUT2D eigenvalue weighted by atomic mass is 10.1. The Morgan fingerprint density at radius 1 is 1.17 bits per heavy atom. The van der Waals surface area contributed by atoms with Gasteiger partial charge >= 0.3 is 6.18 Å². The first-order chi connectivity index (χ1) is 10.6. The first-order valence-electron chi connectivity index (χ1n) is 6.16. The van der Waals surface area contributed by atoms with E-state index >= 15 is 0 Å². The second-order valence-corrected chi connectivity index (χ2v) is 5.46. The summed E-state index contributed by atoms with van der Waals surface area (Å²) in [5.74, 6) is -1.11. The number of benzene rings is 1. The van der Waals surface area contributed by atoms with Gasteiger partial charge in [0.2, 0.25) is 0 Å². The molecule has 0 unspecified atom stereocenters. The zero-order chi connectivity index (χ0) is 17.4. The lowest BCUT2D eigenvalue weighted by molar-refractivity contribution is -0.144. The number of carbonyl (C=O) groups is 1. The van der Waals surface area contributed by atoms with Gasteiger partial charge in [0, 0.05) is 10.0 Å². The van der Waals surface area contributed by atoms with Crippen molar-refractivity contribution in [1.29, 1.82) is 0 Å². The van der Waals surface area contributed by atoms with Crippen molar-refractivity contribution in [2.24, 2.45) is 5.73 Å². The average Bonchev–Trinajstić information content (AvgIpc) is 2.41. The van der Waals surface area contributed by atoms with Crippen LogP contribution in [0.5, 0.6) is 0 Å². The fourth-order valence-corrected chi connectivity index (χ4v) is 2.46. The SMILES string of the molecule is NC(=O)c1ccc(C(F)(F)F)n(Cc2ccc(Cl)cc2Cl)c1=O. The second-order valence-electron chi connectivity index (χ2n) is 4.62. The van der Waals surface area contributed by atoms with Crippen molar-refractivity contribution in [1.82, 2.24) is 4.57 Å². The van der Waals surface area contributed by atoms with E-state index < -0.39 is 35.4 Å². The topological polar surface area (TPSA) is 65.1 Å². The third-order valence-corrected chi connectivity index (χ3v) is 3.66. The van der Waals surface area contributed by atoms with Crippen molar-refractivity contribution in [3.05, 3.63) is 67.6 Å². The summed E-state index contributed by atoms with van der Waals surface area (Å²) in [4.78, 5) is 23.3. The number of nitrogens with zero attached hydrogens (tertiary/aromatic N) is 1. The van der Waals surface area contributed by atoms with Gasteiger partial charge in [-0.3, -0.25) is 14.2 Å². The third-order valence-electron chi connectivity index (χ3n) is 3.07. The molecule has 0 aliphatic rings. The molecular formula is C14H9Cl2F3N2O2. The van der Waals surface area contributed by atoms with Crippen LogP contribution >= 0.6 is 23.2 Å². The van der Waals surface area contributed by atoms with Crippen molar-refractivity contribution in [3.63, 3.8) is 0 Å². The summed E-state index contributed by atoms with van der Waals surface area (Å²) in [5, 5.41) is 0.398. The molecule has 0 radical (unpaired) electrons.